The lowest BCUT2D eigenvalue weighted by molar-refractivity contribution is -0.0979. The molecule has 0 saturated carbocycles. The van der Waals surface area contributed by atoms with Gasteiger partial charge >= 0.3 is 0 Å². The van der Waals surface area contributed by atoms with Crippen LogP contribution < -0.4 is 17.2 Å². The van der Waals surface area contributed by atoms with E-state index in [4.69, 9.17) is 22.0 Å². The van der Waals surface area contributed by atoms with Crippen molar-refractivity contribution in [3.63, 3.8) is 0 Å². The molecule has 0 atom stereocenters. The van der Waals surface area contributed by atoms with E-state index in [2.05, 4.69) is 34.0 Å². The van der Waals surface area contributed by atoms with E-state index >= 15 is 0 Å². The molecule has 7 heteroatoms. The smallest absolute Gasteiger partial charge is 0.226 e. The number of carbonyl (C=O) groups excluding carboxylic acids is 1. The van der Waals surface area contributed by atoms with Gasteiger partial charge in [0.15, 0.2) is 0 Å². The highest BCUT2D eigenvalue weighted by Gasteiger charge is 1.93. The van der Waals surface area contributed by atoms with Crippen LogP contribution in [0.5, 0.6) is 0 Å². The number of anilines is 3. The molecule has 1 aromatic carbocycles. The molecule has 0 bridgehead atoms. The first-order valence-electron chi connectivity index (χ1n) is 4.91. The summed E-state index contributed by atoms with van der Waals surface area (Å²) in [6.07, 6.45) is 0. The van der Waals surface area contributed by atoms with Crippen molar-refractivity contribution in [2.24, 2.45) is 0 Å². The van der Waals surface area contributed by atoms with Crippen LogP contribution in [0, 0.1) is 6.92 Å². The number of hydrogen-bond donors (Lipinski definition) is 3. The minimum Gasteiger partial charge on any atom is -0.368 e. The number of nitrogens with zero attached hydrogens (tertiary/aromatic N) is 3. The summed E-state index contributed by atoms with van der Waals surface area (Å²) in [5.41, 5.74) is 16.7. The minimum absolute atomic E-state index is 0.0417. The SMILES string of the molecule is C=O.Cc1ccccc1.Nc1nc(N)nc(N)n1. The van der Waals surface area contributed by atoms with Crippen molar-refractivity contribution in [1.82, 2.24) is 15.0 Å². The quantitative estimate of drug-likeness (QED) is 0.615. The van der Waals surface area contributed by atoms with Crippen LogP contribution in [0.25, 0.3) is 0 Å². The van der Waals surface area contributed by atoms with Gasteiger partial charge in [0.1, 0.15) is 6.79 Å². The second-order valence-electron chi connectivity index (χ2n) is 3.06. The van der Waals surface area contributed by atoms with Crippen LogP contribution in [-0.2, 0) is 4.79 Å². The summed E-state index contributed by atoms with van der Waals surface area (Å²) in [5.74, 6) is 0.125. The first-order valence-corrected chi connectivity index (χ1v) is 4.91. The third kappa shape index (κ3) is 6.72. The van der Waals surface area contributed by atoms with Crippen LogP contribution in [-0.4, -0.2) is 21.7 Å². The van der Waals surface area contributed by atoms with Gasteiger partial charge in [0.05, 0.1) is 0 Å². The lowest BCUT2D eigenvalue weighted by Crippen LogP contribution is -2.05. The zero-order valence-electron chi connectivity index (χ0n) is 10.1. The van der Waals surface area contributed by atoms with Gasteiger partial charge in [-0.15, -0.1) is 0 Å². The van der Waals surface area contributed by atoms with E-state index in [0.29, 0.717) is 0 Å². The van der Waals surface area contributed by atoms with Gasteiger partial charge in [-0.3, -0.25) is 0 Å². The monoisotopic (exact) mass is 248 g/mol. The largest absolute Gasteiger partial charge is 0.368 e. The third-order valence-corrected chi connectivity index (χ3v) is 1.63. The second-order valence-corrected chi connectivity index (χ2v) is 3.06. The number of aromatic nitrogens is 3. The number of carbonyl (C=O) groups is 1. The molecule has 0 aliphatic heterocycles. The van der Waals surface area contributed by atoms with Gasteiger partial charge in [-0.25, -0.2) is 0 Å². The molecular formula is C11H16N6O. The Morgan fingerprint density at radius 1 is 0.833 bits per heavy atom. The molecule has 0 amide bonds. The van der Waals surface area contributed by atoms with Crippen molar-refractivity contribution in [3.8, 4) is 0 Å². The predicted molar refractivity (Wildman–Crippen MR) is 71.4 cm³/mol. The maximum absolute atomic E-state index is 8.00. The lowest BCUT2D eigenvalue weighted by atomic mass is 10.2. The van der Waals surface area contributed by atoms with Crippen LogP contribution in [0.4, 0.5) is 17.8 Å². The number of rotatable bonds is 0. The van der Waals surface area contributed by atoms with E-state index in [1.54, 1.807) is 0 Å². The van der Waals surface area contributed by atoms with Gasteiger partial charge in [-0.1, -0.05) is 35.9 Å². The Hall–Kier alpha value is -2.70. The number of nitrogen functional groups attached to an aromatic ring is 3. The van der Waals surface area contributed by atoms with Crippen LogP contribution in [0.1, 0.15) is 5.56 Å². The molecule has 0 aliphatic rings. The van der Waals surface area contributed by atoms with Crippen LogP contribution >= 0.6 is 0 Å². The summed E-state index contributed by atoms with van der Waals surface area (Å²) in [4.78, 5) is 18.5. The van der Waals surface area contributed by atoms with Crippen molar-refractivity contribution >= 4 is 24.6 Å². The highest BCUT2D eigenvalue weighted by molar-refractivity contribution is 5.33. The van der Waals surface area contributed by atoms with Crippen molar-refractivity contribution < 1.29 is 4.79 Å². The summed E-state index contributed by atoms with van der Waals surface area (Å²) in [6.45, 7) is 4.08. The normalized spacial score (nSPS) is 8.28. The number of benzene rings is 1. The fourth-order valence-electron chi connectivity index (χ4n) is 0.961. The molecule has 2 aromatic rings. The molecule has 0 aliphatic carbocycles. The fraction of sp³-hybridized carbons (Fsp3) is 0.0909. The molecule has 96 valence electrons. The third-order valence-electron chi connectivity index (χ3n) is 1.63. The van der Waals surface area contributed by atoms with Gasteiger partial charge in [0, 0.05) is 0 Å². The Balaban J connectivity index is 0.000000289. The molecule has 6 N–H and O–H groups in total. The summed E-state index contributed by atoms with van der Waals surface area (Å²) in [6, 6.07) is 10.3. The summed E-state index contributed by atoms with van der Waals surface area (Å²) >= 11 is 0. The van der Waals surface area contributed by atoms with Gasteiger partial charge < -0.3 is 22.0 Å². The summed E-state index contributed by atoms with van der Waals surface area (Å²) < 4.78 is 0. The fourth-order valence-corrected chi connectivity index (χ4v) is 0.961. The number of aryl methyl sites for hydroxylation is 1. The zero-order valence-corrected chi connectivity index (χ0v) is 10.1. The van der Waals surface area contributed by atoms with Gasteiger partial charge in [0.2, 0.25) is 17.8 Å². The topological polar surface area (TPSA) is 134 Å². The van der Waals surface area contributed by atoms with Gasteiger partial charge in [0.25, 0.3) is 0 Å². The highest BCUT2D eigenvalue weighted by Crippen LogP contribution is 1.97. The minimum atomic E-state index is 0.0417. The molecular weight excluding hydrogens is 232 g/mol. The molecule has 0 saturated heterocycles. The molecule has 0 fully saturated rings. The van der Waals surface area contributed by atoms with Crippen molar-refractivity contribution in [3.05, 3.63) is 35.9 Å². The molecule has 7 nitrogen and oxygen atoms in total. The molecule has 1 aromatic heterocycles. The average molecular weight is 248 g/mol. The van der Waals surface area contributed by atoms with Crippen molar-refractivity contribution in [1.29, 1.82) is 0 Å². The Kier molecular flexibility index (Phi) is 7.18. The van der Waals surface area contributed by atoms with E-state index in [9.17, 15) is 0 Å². The molecule has 0 radical (unpaired) electrons. The Bertz CT molecular complexity index is 412. The van der Waals surface area contributed by atoms with E-state index in [1.807, 2.05) is 25.0 Å². The predicted octanol–water partition coefficient (Wildman–Crippen LogP) is 0.428. The first-order chi connectivity index (χ1) is 8.58. The molecule has 1 heterocycles. The van der Waals surface area contributed by atoms with E-state index in [-0.39, 0.29) is 17.8 Å². The molecule has 0 unspecified atom stereocenters. The van der Waals surface area contributed by atoms with Crippen molar-refractivity contribution in [2.45, 2.75) is 6.92 Å². The van der Waals surface area contributed by atoms with E-state index < -0.39 is 0 Å². The standard InChI is InChI=1S/C7H8.C3H6N6.CH2O/c1-7-5-3-2-4-6-7;4-1-7-2(5)9-3(6)8-1;1-2/h2-6H,1H3;(H6,4,5,6,7,8,9);1H2. The Labute approximate surface area is 105 Å². The lowest BCUT2D eigenvalue weighted by Gasteiger charge is -1.93. The molecule has 0 spiro atoms. The molecule has 2 rings (SSSR count). The maximum Gasteiger partial charge on any atom is 0.226 e. The van der Waals surface area contributed by atoms with E-state index in [0.717, 1.165) is 0 Å². The second kappa shape index (κ2) is 8.45. The Morgan fingerprint density at radius 2 is 1.17 bits per heavy atom. The highest BCUT2D eigenvalue weighted by atomic mass is 16.1. The number of nitrogens with two attached hydrogens (primary N) is 3. The molecule has 18 heavy (non-hydrogen) atoms. The van der Waals surface area contributed by atoms with Crippen LogP contribution in [0.2, 0.25) is 0 Å². The van der Waals surface area contributed by atoms with E-state index in [1.165, 1.54) is 5.56 Å². The van der Waals surface area contributed by atoms with Gasteiger partial charge in [-0.05, 0) is 6.92 Å². The Morgan fingerprint density at radius 3 is 1.39 bits per heavy atom. The summed E-state index contributed by atoms with van der Waals surface area (Å²) in [5, 5.41) is 0. The summed E-state index contributed by atoms with van der Waals surface area (Å²) in [7, 11) is 0. The first kappa shape index (κ1) is 15.3. The van der Waals surface area contributed by atoms with Gasteiger partial charge in [-0.2, -0.15) is 15.0 Å². The average Bonchev–Trinajstić information content (AvgIpc) is 2.31. The number of hydrogen-bond acceptors (Lipinski definition) is 7. The maximum atomic E-state index is 8.00. The van der Waals surface area contributed by atoms with Crippen LogP contribution in [0.3, 0.4) is 0 Å². The zero-order chi connectivity index (χ0) is 14.0. The van der Waals surface area contributed by atoms with Crippen molar-refractivity contribution in [2.75, 3.05) is 17.2 Å². The van der Waals surface area contributed by atoms with Crippen LogP contribution in [0.15, 0.2) is 30.3 Å².